The number of rotatable bonds is 11. The number of phenols is 2. The van der Waals surface area contributed by atoms with Gasteiger partial charge >= 0.3 is 0 Å². The Kier molecular flexibility index (Phi) is 15.7. The summed E-state index contributed by atoms with van der Waals surface area (Å²) in [6, 6.07) is 14.7. The predicted molar refractivity (Wildman–Crippen MR) is 256 cm³/mol. The lowest BCUT2D eigenvalue weighted by atomic mass is 9.69. The number of aliphatic hydroxyl groups is 4. The summed E-state index contributed by atoms with van der Waals surface area (Å²) in [7, 11) is 4.83. The van der Waals surface area contributed by atoms with Crippen LogP contribution >= 0.6 is 21.6 Å². The third-order valence-corrected chi connectivity index (χ3v) is 17.2. The Balaban J connectivity index is 1.20. The number of fused-ring (bicyclic) bond motifs is 9. The highest BCUT2D eigenvalue weighted by Crippen LogP contribution is 2.51. The zero-order valence-electron chi connectivity index (χ0n) is 37.4. The Morgan fingerprint density at radius 1 is 0.954 bits per heavy atom. The lowest BCUT2D eigenvalue weighted by Gasteiger charge is -2.43. The highest BCUT2D eigenvalue weighted by Gasteiger charge is 2.41. The van der Waals surface area contributed by atoms with Crippen molar-refractivity contribution in [1.82, 2.24) is 5.32 Å². The van der Waals surface area contributed by atoms with Crippen LogP contribution in [0, 0.1) is 11.8 Å². The van der Waals surface area contributed by atoms with Gasteiger partial charge in [0.15, 0.2) is 11.5 Å². The van der Waals surface area contributed by atoms with Crippen LogP contribution in [-0.4, -0.2) is 92.6 Å². The van der Waals surface area contributed by atoms with Crippen LogP contribution in [0.15, 0.2) is 48.5 Å². The van der Waals surface area contributed by atoms with Gasteiger partial charge in [-0.15, -0.1) is 0 Å². The first-order valence-electron chi connectivity index (χ1n) is 23.3. The van der Waals surface area contributed by atoms with Gasteiger partial charge < -0.3 is 45.4 Å². The lowest BCUT2D eigenvalue weighted by molar-refractivity contribution is -0.129. The van der Waals surface area contributed by atoms with Crippen molar-refractivity contribution in [3.05, 3.63) is 81.9 Å². The van der Waals surface area contributed by atoms with Crippen molar-refractivity contribution in [1.29, 1.82) is 0 Å². The SMILES string of the molecule is COc1c(O)ccc2c1-c1ccc3ccc(O)cc3c1CSS[C@H]1CC[C@H](C[C@@H]1O)[C@@H](O[C@H]1N[C@H](CCCO)CC[C@H]3c4c1cc(CO)c(NCC(C)=O)c4CC[C@H]3CO)CC(=O)CC2. The molecule has 8 N–H and O–H groups in total. The molecule has 4 aromatic carbocycles. The summed E-state index contributed by atoms with van der Waals surface area (Å²) >= 11 is 0. The maximum atomic E-state index is 14.6. The number of nitrogens with one attached hydrogen (secondary N) is 2. The van der Waals surface area contributed by atoms with Crippen LogP contribution < -0.4 is 15.4 Å². The first-order chi connectivity index (χ1) is 31.5. The minimum atomic E-state index is -0.707. The van der Waals surface area contributed by atoms with Gasteiger partial charge in [0.2, 0.25) is 0 Å². The third-order valence-electron chi connectivity index (χ3n) is 14.4. The minimum absolute atomic E-state index is 0.00499. The zero-order chi connectivity index (χ0) is 45.8. The first-order valence-corrected chi connectivity index (χ1v) is 25.7. The molecule has 3 heterocycles. The number of aliphatic hydroxyl groups excluding tert-OH is 4. The van der Waals surface area contributed by atoms with E-state index in [4.69, 9.17) is 9.47 Å². The van der Waals surface area contributed by atoms with Gasteiger partial charge in [0.25, 0.3) is 0 Å². The molecule has 0 unspecified atom stereocenters. The van der Waals surface area contributed by atoms with Crippen LogP contribution in [0.1, 0.15) is 117 Å². The monoisotopic (exact) mass is 928 g/mol. The van der Waals surface area contributed by atoms with E-state index in [9.17, 15) is 40.2 Å². The Labute approximate surface area is 389 Å². The summed E-state index contributed by atoms with van der Waals surface area (Å²) < 4.78 is 13.2. The van der Waals surface area contributed by atoms with Crippen LogP contribution in [0.4, 0.5) is 5.69 Å². The fraction of sp³-hybridized carbons (Fsp3) is 0.529. The number of ketones is 2. The molecule has 0 aromatic heterocycles. The topological polar surface area (TPSA) is 198 Å². The molecule has 4 aromatic rings. The van der Waals surface area contributed by atoms with Gasteiger partial charge in [-0.1, -0.05) is 45.9 Å². The van der Waals surface area contributed by atoms with Gasteiger partial charge in [-0.05, 0) is 157 Å². The Morgan fingerprint density at radius 3 is 2.54 bits per heavy atom. The largest absolute Gasteiger partial charge is 0.508 e. The number of methoxy groups -OCH3 is 1. The zero-order valence-corrected chi connectivity index (χ0v) is 39.0. The molecule has 1 saturated carbocycles. The quantitative estimate of drug-likeness (QED) is 0.0674. The number of anilines is 1. The maximum Gasteiger partial charge on any atom is 0.168 e. The molecule has 2 bridgehead atoms. The molecule has 0 spiro atoms. The number of Topliss-reactive ketones (excluding diaryl/α,β-unsaturated/α-hetero) is 2. The summed E-state index contributed by atoms with van der Waals surface area (Å²) in [5, 5.41) is 74.1. The van der Waals surface area contributed by atoms with Gasteiger partial charge in [-0.25, -0.2) is 0 Å². The van der Waals surface area contributed by atoms with Crippen LogP contribution in [0.2, 0.25) is 0 Å². The smallest absolute Gasteiger partial charge is 0.168 e. The molecule has 12 nitrogen and oxygen atoms in total. The fourth-order valence-corrected chi connectivity index (χ4v) is 14.0. The number of carbonyl (C=O) groups excluding carboxylic acids is 2. The average Bonchev–Trinajstić information content (AvgIpc) is 3.29. The summed E-state index contributed by atoms with van der Waals surface area (Å²) in [5.74, 6) is 0.802. The van der Waals surface area contributed by atoms with Crippen LogP contribution in [-0.2, 0) is 39.5 Å². The minimum Gasteiger partial charge on any atom is -0.508 e. The summed E-state index contributed by atoms with van der Waals surface area (Å²) in [6.45, 7) is 1.45. The molecule has 0 saturated heterocycles. The Morgan fingerprint density at radius 2 is 1.78 bits per heavy atom. The van der Waals surface area contributed by atoms with Gasteiger partial charge in [-0.3, -0.25) is 14.9 Å². The van der Waals surface area contributed by atoms with Crippen LogP contribution in [0.3, 0.4) is 0 Å². The van der Waals surface area contributed by atoms with E-state index < -0.39 is 18.4 Å². The van der Waals surface area contributed by atoms with E-state index in [-0.39, 0.29) is 91.3 Å². The maximum absolute atomic E-state index is 14.6. The van der Waals surface area contributed by atoms with Crippen molar-refractivity contribution < 1.29 is 49.7 Å². The van der Waals surface area contributed by atoms with Crippen molar-refractivity contribution in [3.8, 4) is 28.4 Å². The van der Waals surface area contributed by atoms with E-state index in [1.54, 1.807) is 39.8 Å². The van der Waals surface area contributed by atoms with Gasteiger partial charge in [0.1, 0.15) is 23.5 Å². The molecule has 5 aliphatic rings. The van der Waals surface area contributed by atoms with Gasteiger partial charge in [0.05, 0.1) is 32.5 Å². The second-order valence-corrected chi connectivity index (χ2v) is 21.1. The number of benzene rings is 4. The highest BCUT2D eigenvalue weighted by molar-refractivity contribution is 8.76. The lowest BCUT2D eigenvalue weighted by Crippen LogP contribution is -2.44. The average molecular weight is 929 g/mol. The molecular formula is C51H64N2O10S2. The Bertz CT molecular complexity index is 2360. The molecular weight excluding hydrogens is 865 g/mol. The number of aromatic hydroxyl groups is 2. The second kappa shape index (κ2) is 21.4. The molecule has 9 rings (SSSR count). The third kappa shape index (κ3) is 10.4. The second-order valence-electron chi connectivity index (χ2n) is 18.5. The number of aryl methyl sites for hydroxylation is 1. The van der Waals surface area contributed by atoms with Gasteiger partial charge in [-0.2, -0.15) is 0 Å². The van der Waals surface area contributed by atoms with Crippen molar-refractivity contribution >= 4 is 49.6 Å². The van der Waals surface area contributed by atoms with Crippen molar-refractivity contribution in [2.75, 3.05) is 32.2 Å². The Hall–Kier alpha value is -3.86. The molecule has 2 aliphatic carbocycles. The highest BCUT2D eigenvalue weighted by atomic mass is 33.1. The summed E-state index contributed by atoms with van der Waals surface area (Å²) in [4.78, 5) is 26.8. The van der Waals surface area contributed by atoms with Gasteiger partial charge in [0, 0.05) is 59.9 Å². The first kappa shape index (κ1) is 47.6. The van der Waals surface area contributed by atoms with Crippen LogP contribution in [0.5, 0.6) is 17.2 Å². The molecule has 14 heteroatoms. The molecule has 0 amide bonds. The number of carbonyl (C=O) groups is 2. The van der Waals surface area contributed by atoms with E-state index in [0.29, 0.717) is 61.2 Å². The molecule has 1 fully saturated rings. The van der Waals surface area contributed by atoms with E-state index in [1.807, 2.05) is 30.3 Å². The number of ether oxygens (including phenoxy) is 2. The van der Waals surface area contributed by atoms with E-state index in [2.05, 4.69) is 10.6 Å². The number of hydrogen-bond acceptors (Lipinski definition) is 14. The number of phenolic OH excluding ortho intramolecular Hbond substituents is 2. The predicted octanol–water partition coefficient (Wildman–Crippen LogP) is 7.98. The van der Waals surface area contributed by atoms with Crippen molar-refractivity contribution in [2.24, 2.45) is 11.8 Å². The van der Waals surface area contributed by atoms with Crippen molar-refractivity contribution in [2.45, 2.75) is 132 Å². The molecule has 65 heavy (non-hydrogen) atoms. The van der Waals surface area contributed by atoms with E-state index in [1.165, 1.54) is 14.0 Å². The van der Waals surface area contributed by atoms with E-state index >= 15 is 0 Å². The van der Waals surface area contributed by atoms with Crippen molar-refractivity contribution in [3.63, 3.8) is 0 Å². The molecule has 350 valence electrons. The molecule has 3 aliphatic heterocycles. The molecule has 0 radical (unpaired) electrons. The summed E-state index contributed by atoms with van der Waals surface area (Å²) in [5.41, 5.74) is 7.68. The molecule has 8 atom stereocenters. The normalized spacial score (nSPS) is 26.1. The fourth-order valence-electron chi connectivity index (χ4n) is 11.1. The van der Waals surface area contributed by atoms with Crippen LogP contribution in [0.25, 0.3) is 21.9 Å². The van der Waals surface area contributed by atoms with E-state index in [0.717, 1.165) is 75.5 Å². The standard InChI is InChI=1S/C51H64N2O10S2/c1-28(57)24-52-49-33(26-56)20-41-48-37(32(25-55)8-15-39(48)49)16-11-34(4-3-19-54)53-51(41)63-45-23-36(59)13-6-30-9-17-43(60)50(62-2)47(30)38-14-7-29-5-12-35(58)22-40(29)42(38)27-64-65-46-18-10-31(45)21-44(46)61/h5,7,9,12,14,17,20,22,31-32,34,37,44-46,51-56,58,60-61H,3-4,6,8,10-11,13,15-16,18-19,21,23-27H2,1-2H3/t31-,32+,34-,37-,44+,45+,46+,51-/m1/s1. The number of hydrogen-bond donors (Lipinski definition) is 8. The summed E-state index contributed by atoms with van der Waals surface area (Å²) in [6.07, 6.45) is 4.88.